The fourth-order valence-electron chi connectivity index (χ4n) is 0.965. The number of pyridine rings is 1. The van der Waals surface area contributed by atoms with Gasteiger partial charge in [-0.1, -0.05) is 11.6 Å². The van der Waals surface area contributed by atoms with Crippen LogP contribution in [0.15, 0.2) is 37.1 Å². The van der Waals surface area contributed by atoms with E-state index in [9.17, 15) is 0 Å². The molecule has 0 amide bonds. The standard InChI is InChI=1S/C8H6ClN3/c9-8-5-7(1-2-11-8)12-4-3-10-6-12/h1-6H. The molecule has 0 aliphatic rings. The highest BCUT2D eigenvalue weighted by atomic mass is 35.5. The summed E-state index contributed by atoms with van der Waals surface area (Å²) >= 11 is 5.72. The minimum atomic E-state index is 0.487. The SMILES string of the molecule is Clc1cc(-n2ccnc2)ccn1. The van der Waals surface area contributed by atoms with Gasteiger partial charge in [-0.15, -0.1) is 0 Å². The Balaban J connectivity index is 2.48. The van der Waals surface area contributed by atoms with E-state index in [1.807, 2.05) is 16.8 Å². The molecule has 3 nitrogen and oxygen atoms in total. The van der Waals surface area contributed by atoms with Crippen LogP contribution in [-0.2, 0) is 0 Å². The molecule has 0 fully saturated rings. The zero-order valence-corrected chi connectivity index (χ0v) is 6.94. The quantitative estimate of drug-likeness (QED) is 0.627. The van der Waals surface area contributed by atoms with E-state index in [4.69, 9.17) is 11.6 Å². The van der Waals surface area contributed by atoms with Gasteiger partial charge in [0.15, 0.2) is 0 Å². The molecule has 12 heavy (non-hydrogen) atoms. The van der Waals surface area contributed by atoms with Gasteiger partial charge in [-0.05, 0) is 12.1 Å². The Morgan fingerprint density at radius 3 is 2.92 bits per heavy atom. The largest absolute Gasteiger partial charge is 0.306 e. The molecule has 2 aromatic rings. The second-order valence-electron chi connectivity index (χ2n) is 2.31. The van der Waals surface area contributed by atoms with Crippen LogP contribution in [0.4, 0.5) is 0 Å². The van der Waals surface area contributed by atoms with Crippen LogP contribution >= 0.6 is 11.6 Å². The Morgan fingerprint density at radius 1 is 1.33 bits per heavy atom. The predicted octanol–water partition coefficient (Wildman–Crippen LogP) is 1.92. The van der Waals surface area contributed by atoms with Crippen LogP contribution in [0.5, 0.6) is 0 Å². The van der Waals surface area contributed by atoms with E-state index in [-0.39, 0.29) is 0 Å². The van der Waals surface area contributed by atoms with Crippen molar-refractivity contribution in [3.63, 3.8) is 0 Å². The van der Waals surface area contributed by atoms with Crippen LogP contribution in [0.1, 0.15) is 0 Å². The van der Waals surface area contributed by atoms with Gasteiger partial charge in [-0.2, -0.15) is 0 Å². The first kappa shape index (κ1) is 7.31. The monoisotopic (exact) mass is 179 g/mol. The summed E-state index contributed by atoms with van der Waals surface area (Å²) in [5, 5.41) is 0.487. The Kier molecular flexibility index (Phi) is 1.80. The molecule has 0 aliphatic carbocycles. The van der Waals surface area contributed by atoms with Crippen molar-refractivity contribution in [2.45, 2.75) is 0 Å². The van der Waals surface area contributed by atoms with E-state index in [1.165, 1.54) is 0 Å². The minimum Gasteiger partial charge on any atom is -0.306 e. The zero-order chi connectivity index (χ0) is 8.39. The Hall–Kier alpha value is -1.35. The topological polar surface area (TPSA) is 30.7 Å². The molecule has 0 bridgehead atoms. The van der Waals surface area contributed by atoms with Gasteiger partial charge in [0.25, 0.3) is 0 Å². The Morgan fingerprint density at radius 2 is 2.25 bits per heavy atom. The molecule has 2 rings (SSSR count). The maximum absolute atomic E-state index is 5.72. The van der Waals surface area contributed by atoms with Gasteiger partial charge in [0.05, 0.1) is 12.0 Å². The third-order valence-electron chi connectivity index (χ3n) is 1.51. The zero-order valence-electron chi connectivity index (χ0n) is 6.18. The number of hydrogen-bond donors (Lipinski definition) is 0. The maximum atomic E-state index is 5.72. The van der Waals surface area contributed by atoms with Gasteiger partial charge in [0.1, 0.15) is 5.15 Å². The van der Waals surface area contributed by atoms with E-state index in [0.29, 0.717) is 5.15 Å². The normalized spacial score (nSPS) is 10.1. The van der Waals surface area contributed by atoms with Crippen molar-refractivity contribution in [1.82, 2.24) is 14.5 Å². The number of hydrogen-bond acceptors (Lipinski definition) is 2. The van der Waals surface area contributed by atoms with Crippen molar-refractivity contribution in [1.29, 1.82) is 0 Å². The molecule has 0 saturated heterocycles. The van der Waals surface area contributed by atoms with Gasteiger partial charge in [0.2, 0.25) is 0 Å². The molecular formula is C8H6ClN3. The molecule has 0 radical (unpaired) electrons. The van der Waals surface area contributed by atoms with Crippen molar-refractivity contribution >= 4 is 11.6 Å². The lowest BCUT2D eigenvalue weighted by Gasteiger charge is -1.99. The highest BCUT2D eigenvalue weighted by Gasteiger charge is 1.95. The van der Waals surface area contributed by atoms with E-state index < -0.39 is 0 Å². The van der Waals surface area contributed by atoms with Gasteiger partial charge in [0, 0.05) is 18.6 Å². The van der Waals surface area contributed by atoms with E-state index in [2.05, 4.69) is 9.97 Å². The highest BCUT2D eigenvalue weighted by Crippen LogP contribution is 2.10. The summed E-state index contributed by atoms with van der Waals surface area (Å²) in [4.78, 5) is 7.81. The third kappa shape index (κ3) is 1.31. The van der Waals surface area contributed by atoms with Crippen LogP contribution < -0.4 is 0 Å². The smallest absolute Gasteiger partial charge is 0.131 e. The number of rotatable bonds is 1. The predicted molar refractivity (Wildman–Crippen MR) is 46.4 cm³/mol. The summed E-state index contributed by atoms with van der Waals surface area (Å²) in [6.45, 7) is 0. The summed E-state index contributed by atoms with van der Waals surface area (Å²) < 4.78 is 1.87. The molecule has 0 spiro atoms. The first-order valence-electron chi connectivity index (χ1n) is 3.46. The lowest BCUT2D eigenvalue weighted by molar-refractivity contribution is 1.05. The van der Waals surface area contributed by atoms with Crippen LogP contribution in [0.3, 0.4) is 0 Å². The van der Waals surface area contributed by atoms with Gasteiger partial charge < -0.3 is 4.57 Å². The molecule has 60 valence electrons. The number of imidazole rings is 1. The molecule has 0 unspecified atom stereocenters. The van der Waals surface area contributed by atoms with Crippen molar-refractivity contribution in [2.75, 3.05) is 0 Å². The minimum absolute atomic E-state index is 0.487. The summed E-state index contributed by atoms with van der Waals surface area (Å²) in [5.41, 5.74) is 0.965. The molecule has 0 saturated carbocycles. The average Bonchev–Trinajstić information content (AvgIpc) is 2.56. The first-order chi connectivity index (χ1) is 5.86. The molecule has 2 aromatic heterocycles. The summed E-state index contributed by atoms with van der Waals surface area (Å²) in [7, 11) is 0. The van der Waals surface area contributed by atoms with Crippen molar-refractivity contribution < 1.29 is 0 Å². The second kappa shape index (κ2) is 2.95. The average molecular weight is 180 g/mol. The van der Waals surface area contributed by atoms with E-state index >= 15 is 0 Å². The van der Waals surface area contributed by atoms with Crippen molar-refractivity contribution in [3.8, 4) is 5.69 Å². The van der Waals surface area contributed by atoms with Crippen LogP contribution in [0.2, 0.25) is 5.15 Å². The maximum Gasteiger partial charge on any atom is 0.131 e. The van der Waals surface area contributed by atoms with Crippen LogP contribution in [0.25, 0.3) is 5.69 Å². The van der Waals surface area contributed by atoms with Gasteiger partial charge in [-0.25, -0.2) is 9.97 Å². The summed E-state index contributed by atoms with van der Waals surface area (Å²) in [5.74, 6) is 0. The fourth-order valence-corrected chi connectivity index (χ4v) is 1.13. The molecule has 0 atom stereocenters. The molecule has 0 N–H and O–H groups in total. The van der Waals surface area contributed by atoms with Gasteiger partial charge in [-0.3, -0.25) is 0 Å². The van der Waals surface area contributed by atoms with Crippen LogP contribution in [0, 0.1) is 0 Å². The van der Waals surface area contributed by atoms with Crippen molar-refractivity contribution in [3.05, 3.63) is 42.2 Å². The van der Waals surface area contributed by atoms with Crippen LogP contribution in [-0.4, -0.2) is 14.5 Å². The number of aromatic nitrogens is 3. The Bertz CT molecular complexity index is 370. The highest BCUT2D eigenvalue weighted by molar-refractivity contribution is 6.29. The molecule has 4 heteroatoms. The van der Waals surface area contributed by atoms with Crippen molar-refractivity contribution in [2.24, 2.45) is 0 Å². The molecule has 0 aliphatic heterocycles. The number of halogens is 1. The molecular weight excluding hydrogens is 174 g/mol. The third-order valence-corrected chi connectivity index (χ3v) is 1.72. The Labute approximate surface area is 74.7 Å². The fraction of sp³-hybridized carbons (Fsp3) is 0. The summed E-state index contributed by atoms with van der Waals surface area (Å²) in [6.07, 6.45) is 6.95. The van der Waals surface area contributed by atoms with E-state index in [0.717, 1.165) is 5.69 Å². The lowest BCUT2D eigenvalue weighted by Crippen LogP contribution is -1.89. The van der Waals surface area contributed by atoms with E-state index in [1.54, 1.807) is 24.8 Å². The number of nitrogens with zero attached hydrogens (tertiary/aromatic N) is 3. The summed E-state index contributed by atoms with van der Waals surface area (Å²) in [6, 6.07) is 3.65. The molecule has 0 aromatic carbocycles. The first-order valence-corrected chi connectivity index (χ1v) is 3.84. The molecule has 2 heterocycles. The van der Waals surface area contributed by atoms with Gasteiger partial charge >= 0.3 is 0 Å². The second-order valence-corrected chi connectivity index (χ2v) is 2.69. The lowest BCUT2D eigenvalue weighted by atomic mass is 10.4.